The van der Waals surface area contributed by atoms with Gasteiger partial charge in [0.15, 0.2) is 23.1 Å². The lowest BCUT2D eigenvalue weighted by Gasteiger charge is -2.25. The van der Waals surface area contributed by atoms with Gasteiger partial charge in [-0.3, -0.25) is 13.9 Å². The third-order valence-corrected chi connectivity index (χ3v) is 7.74. The number of hydrogen-bond donors (Lipinski definition) is 3. The SMILES string of the molecule is CCOc1nc(N)nc2c1ncn2C1O[C@H](CO[P@](=O)(NC(C)C(=O)OC(C)C)Oc2ccccc2)[C@@H](O)[C@@]1(C)F. The van der Waals surface area contributed by atoms with Gasteiger partial charge in [0, 0.05) is 0 Å². The first-order valence-corrected chi connectivity index (χ1v) is 14.5. The second-order valence-electron chi connectivity index (χ2n) is 9.80. The standard InChI is InChI=1S/C25H34FN6O8P/c1-6-36-21-18-20(29-24(27)30-21)32(13-28-18)23-25(5,26)19(33)17(39-23)12-37-41(35,40-16-10-8-7-9-11-16)31-15(4)22(34)38-14(2)3/h7-11,13-15,17,19,23,33H,6,12H2,1-5H3,(H,31,35)(H2,27,29,30)/t15?,17-,19-,23?,25-,41-/m1/s1. The zero-order valence-corrected chi connectivity index (χ0v) is 24.2. The Balaban J connectivity index is 1.56. The van der Waals surface area contributed by atoms with Gasteiger partial charge in [-0.15, -0.1) is 0 Å². The number of hydrogen-bond acceptors (Lipinski definition) is 12. The summed E-state index contributed by atoms with van der Waals surface area (Å²) >= 11 is 0. The Kier molecular flexibility index (Phi) is 9.14. The number of alkyl halides is 1. The number of nitrogens with two attached hydrogens (primary N) is 1. The van der Waals surface area contributed by atoms with Crippen LogP contribution >= 0.6 is 7.75 Å². The highest BCUT2D eigenvalue weighted by Crippen LogP contribution is 2.48. The molecular formula is C25H34FN6O8P. The van der Waals surface area contributed by atoms with Crippen LogP contribution in [-0.2, 0) is 23.4 Å². The van der Waals surface area contributed by atoms with E-state index in [2.05, 4.69) is 20.0 Å². The van der Waals surface area contributed by atoms with Crippen molar-refractivity contribution in [1.82, 2.24) is 24.6 Å². The molecule has 224 valence electrons. The maximum absolute atomic E-state index is 16.0. The molecule has 1 aliphatic heterocycles. The van der Waals surface area contributed by atoms with Crippen molar-refractivity contribution in [2.75, 3.05) is 18.9 Å². The Morgan fingerprint density at radius 1 is 1.29 bits per heavy atom. The number of aliphatic hydroxyl groups is 1. The lowest BCUT2D eigenvalue weighted by atomic mass is 9.98. The van der Waals surface area contributed by atoms with Crippen molar-refractivity contribution >= 4 is 30.8 Å². The number of rotatable bonds is 12. The molecule has 6 atom stereocenters. The number of esters is 1. The molecule has 16 heteroatoms. The molecule has 1 aliphatic rings. The second kappa shape index (κ2) is 12.2. The first-order valence-electron chi connectivity index (χ1n) is 13.0. The highest BCUT2D eigenvalue weighted by atomic mass is 31.2. The molecule has 0 spiro atoms. The van der Waals surface area contributed by atoms with Crippen LogP contribution in [0.15, 0.2) is 36.7 Å². The molecule has 0 aliphatic carbocycles. The molecule has 0 radical (unpaired) electrons. The topological polar surface area (TPSA) is 182 Å². The van der Waals surface area contributed by atoms with Crippen molar-refractivity contribution in [3.05, 3.63) is 36.7 Å². The number of nitrogens with one attached hydrogen (secondary N) is 1. The van der Waals surface area contributed by atoms with Gasteiger partial charge in [-0.2, -0.15) is 15.1 Å². The van der Waals surface area contributed by atoms with Gasteiger partial charge in [-0.25, -0.2) is 13.9 Å². The van der Waals surface area contributed by atoms with Crippen molar-refractivity contribution in [1.29, 1.82) is 0 Å². The Morgan fingerprint density at radius 3 is 2.66 bits per heavy atom. The summed E-state index contributed by atoms with van der Waals surface area (Å²) in [5.74, 6) is -0.519. The molecule has 2 unspecified atom stereocenters. The number of para-hydroxylation sites is 1. The van der Waals surface area contributed by atoms with E-state index in [4.69, 9.17) is 29.0 Å². The number of ether oxygens (including phenoxy) is 3. The fourth-order valence-electron chi connectivity index (χ4n) is 4.17. The molecule has 0 amide bonds. The minimum atomic E-state index is -4.29. The first kappa shape index (κ1) is 30.6. The van der Waals surface area contributed by atoms with E-state index >= 15 is 4.39 Å². The lowest BCUT2D eigenvalue weighted by Crippen LogP contribution is -2.41. The number of nitrogen functional groups attached to an aromatic ring is 1. The van der Waals surface area contributed by atoms with Crippen LogP contribution in [-0.4, -0.2) is 73.8 Å². The summed E-state index contributed by atoms with van der Waals surface area (Å²) in [7, 11) is -4.29. The number of fused-ring (bicyclic) bond motifs is 1. The Hall–Kier alpha value is -3.36. The van der Waals surface area contributed by atoms with Crippen LogP contribution in [0, 0.1) is 0 Å². The van der Waals surface area contributed by atoms with E-state index in [0.717, 1.165) is 6.92 Å². The molecule has 3 heterocycles. The van der Waals surface area contributed by atoms with Gasteiger partial charge in [0.2, 0.25) is 11.8 Å². The highest BCUT2D eigenvalue weighted by Gasteiger charge is 2.56. The zero-order chi connectivity index (χ0) is 29.9. The predicted molar refractivity (Wildman–Crippen MR) is 145 cm³/mol. The molecule has 4 N–H and O–H groups in total. The smallest absolute Gasteiger partial charge is 0.459 e. The minimum absolute atomic E-state index is 0.114. The molecule has 0 saturated carbocycles. The van der Waals surface area contributed by atoms with Crippen LogP contribution in [0.1, 0.15) is 40.8 Å². The summed E-state index contributed by atoms with van der Waals surface area (Å²) in [5.41, 5.74) is 3.79. The van der Waals surface area contributed by atoms with Crippen LogP contribution in [0.4, 0.5) is 10.3 Å². The monoisotopic (exact) mass is 596 g/mol. The van der Waals surface area contributed by atoms with E-state index in [-0.39, 0.29) is 35.3 Å². The number of imidazole rings is 1. The van der Waals surface area contributed by atoms with Crippen LogP contribution in [0.5, 0.6) is 11.6 Å². The summed E-state index contributed by atoms with van der Waals surface area (Å²) in [4.78, 5) is 24.8. The van der Waals surface area contributed by atoms with Crippen molar-refractivity contribution in [2.45, 2.75) is 70.9 Å². The van der Waals surface area contributed by atoms with E-state index in [9.17, 15) is 14.5 Å². The van der Waals surface area contributed by atoms with Crippen molar-refractivity contribution in [3.63, 3.8) is 0 Å². The molecule has 41 heavy (non-hydrogen) atoms. The number of anilines is 1. The van der Waals surface area contributed by atoms with Crippen molar-refractivity contribution < 1.29 is 42.1 Å². The third-order valence-electron chi connectivity index (χ3n) is 6.09. The van der Waals surface area contributed by atoms with Gasteiger partial charge in [0.1, 0.15) is 24.0 Å². The van der Waals surface area contributed by atoms with E-state index in [1.165, 1.54) is 17.8 Å². The number of aliphatic hydroxyl groups excluding tert-OH is 1. The van der Waals surface area contributed by atoms with E-state index in [0.29, 0.717) is 0 Å². The lowest BCUT2D eigenvalue weighted by molar-refractivity contribution is -0.149. The normalized spacial score (nSPS) is 24.7. The largest absolute Gasteiger partial charge is 0.476 e. The van der Waals surface area contributed by atoms with Crippen molar-refractivity contribution in [3.8, 4) is 11.6 Å². The van der Waals surface area contributed by atoms with Gasteiger partial charge < -0.3 is 29.6 Å². The van der Waals surface area contributed by atoms with Crippen LogP contribution in [0.25, 0.3) is 11.2 Å². The van der Waals surface area contributed by atoms with E-state index in [1.807, 2.05) is 0 Å². The summed E-state index contributed by atoms with van der Waals surface area (Å²) in [6.07, 6.45) is -3.61. The number of halogens is 1. The molecule has 14 nitrogen and oxygen atoms in total. The van der Waals surface area contributed by atoms with Crippen LogP contribution in [0.2, 0.25) is 0 Å². The first-order chi connectivity index (χ1) is 19.3. The molecule has 4 rings (SSSR count). The molecule has 1 fully saturated rings. The van der Waals surface area contributed by atoms with Gasteiger partial charge in [0.05, 0.1) is 25.6 Å². The molecule has 1 aromatic carbocycles. The number of nitrogens with zero attached hydrogens (tertiary/aromatic N) is 4. The maximum atomic E-state index is 16.0. The second-order valence-corrected chi connectivity index (χ2v) is 11.5. The predicted octanol–water partition coefficient (Wildman–Crippen LogP) is 2.93. The quantitative estimate of drug-likeness (QED) is 0.205. The number of carbonyl (C=O) groups excluding carboxylic acids is 1. The average molecular weight is 597 g/mol. The molecule has 3 aromatic rings. The van der Waals surface area contributed by atoms with Gasteiger partial charge >= 0.3 is 13.7 Å². The summed E-state index contributed by atoms with van der Waals surface area (Å²) in [5, 5.41) is 13.4. The molecule has 0 bridgehead atoms. The summed E-state index contributed by atoms with van der Waals surface area (Å²) in [6.45, 7) is 7.38. The fourth-order valence-corrected chi connectivity index (χ4v) is 5.67. The zero-order valence-electron chi connectivity index (χ0n) is 23.3. The van der Waals surface area contributed by atoms with Gasteiger partial charge in [0.25, 0.3) is 0 Å². The average Bonchev–Trinajstić information content (AvgIpc) is 3.41. The van der Waals surface area contributed by atoms with Crippen LogP contribution in [0.3, 0.4) is 0 Å². The third kappa shape index (κ3) is 6.76. The van der Waals surface area contributed by atoms with Gasteiger partial charge in [-0.05, 0) is 46.8 Å². The number of aromatic nitrogens is 4. The van der Waals surface area contributed by atoms with Crippen molar-refractivity contribution in [2.24, 2.45) is 0 Å². The van der Waals surface area contributed by atoms with Crippen LogP contribution < -0.4 is 20.1 Å². The van der Waals surface area contributed by atoms with E-state index < -0.39 is 56.6 Å². The highest BCUT2D eigenvalue weighted by molar-refractivity contribution is 7.52. The summed E-state index contributed by atoms with van der Waals surface area (Å²) < 4.78 is 58.8. The molecular weight excluding hydrogens is 562 g/mol. The molecule has 1 saturated heterocycles. The maximum Gasteiger partial charge on any atom is 0.459 e. The Morgan fingerprint density at radius 2 is 2.00 bits per heavy atom. The fraction of sp³-hybridized carbons (Fsp3) is 0.520. The Bertz CT molecular complexity index is 1410. The Labute approximate surface area is 235 Å². The summed E-state index contributed by atoms with van der Waals surface area (Å²) in [6, 6.07) is 7.03. The molecule has 2 aromatic heterocycles. The van der Waals surface area contributed by atoms with Gasteiger partial charge in [-0.1, -0.05) is 18.2 Å². The number of benzene rings is 1. The minimum Gasteiger partial charge on any atom is -0.476 e. The number of carbonyl (C=O) groups is 1. The van der Waals surface area contributed by atoms with E-state index in [1.54, 1.807) is 51.1 Å².